The van der Waals surface area contributed by atoms with Gasteiger partial charge in [0.25, 0.3) is 0 Å². The molecule has 3 nitrogen and oxygen atoms in total. The van der Waals surface area contributed by atoms with Crippen LogP contribution in [-0.4, -0.2) is 9.13 Å². The summed E-state index contributed by atoms with van der Waals surface area (Å²) >= 11 is 0. The van der Waals surface area contributed by atoms with Crippen LogP contribution < -0.4 is 0 Å². The third-order valence-electron chi connectivity index (χ3n) is 9.06. The van der Waals surface area contributed by atoms with Gasteiger partial charge in [0.1, 0.15) is 0 Å². The van der Waals surface area contributed by atoms with E-state index in [0.717, 1.165) is 48.1 Å². The third-order valence-corrected chi connectivity index (χ3v) is 11.9. The van der Waals surface area contributed by atoms with Crippen molar-refractivity contribution in [2.24, 2.45) is 0 Å². The van der Waals surface area contributed by atoms with Crippen molar-refractivity contribution in [1.82, 2.24) is 9.13 Å². The average Bonchev–Trinajstić information content (AvgIpc) is 3.65. The lowest BCUT2D eigenvalue weighted by Crippen LogP contribution is -2.02. The maximum Gasteiger partial charge on any atom is 0.0541 e. The number of nitrogens with zero attached hydrogens (tertiary/aromatic N) is 3. The van der Waals surface area contributed by atoms with Crippen LogP contribution in [0.4, 0.5) is 0 Å². The van der Waals surface area contributed by atoms with E-state index in [4.69, 9.17) is 0 Å². The van der Waals surface area contributed by atoms with Gasteiger partial charge in [0.15, 0.2) is 0 Å². The lowest BCUT2D eigenvalue weighted by Gasteiger charge is -2.24. The molecule has 0 N–H and O–H groups in total. The molecule has 9 rings (SSSR count). The van der Waals surface area contributed by atoms with Gasteiger partial charge in [-0.25, -0.2) is 4.61 Å². The van der Waals surface area contributed by atoms with Crippen LogP contribution >= 0.6 is 9.66 Å². The molecule has 9 aromatic rings. The van der Waals surface area contributed by atoms with E-state index >= 15 is 0 Å². The summed E-state index contributed by atoms with van der Waals surface area (Å²) in [6.07, 6.45) is 0. The highest BCUT2D eigenvalue weighted by Gasteiger charge is 2.26. The lowest BCUT2D eigenvalue weighted by molar-refractivity contribution is 1.11. The van der Waals surface area contributed by atoms with Crippen molar-refractivity contribution in [3.05, 3.63) is 176 Å². The highest BCUT2D eigenvalue weighted by molar-refractivity contribution is 8.21. The molecule has 4 heteroatoms. The summed E-state index contributed by atoms with van der Waals surface area (Å²) in [7, 11) is -2.64. The van der Waals surface area contributed by atoms with Gasteiger partial charge in [-0.3, -0.25) is 0 Å². The van der Waals surface area contributed by atoms with E-state index in [0.29, 0.717) is 0 Å². The molecule has 2 heterocycles. The van der Waals surface area contributed by atoms with Crippen LogP contribution in [0.25, 0.3) is 55.0 Å². The molecule has 2 aromatic heterocycles. The van der Waals surface area contributed by atoms with Crippen LogP contribution in [0.1, 0.15) is 0 Å². The summed E-state index contributed by atoms with van der Waals surface area (Å²) in [6, 6.07) is 61.3. The third kappa shape index (κ3) is 3.92. The minimum absolute atomic E-state index is 0.876. The summed E-state index contributed by atoms with van der Waals surface area (Å²) in [4.78, 5) is 2.67. The molecule has 0 aliphatic rings. The van der Waals surface area contributed by atoms with Gasteiger partial charge in [-0.1, -0.05) is 109 Å². The van der Waals surface area contributed by atoms with Crippen molar-refractivity contribution in [2.75, 3.05) is 0 Å². The first-order chi connectivity index (χ1) is 22.7. The molecule has 0 atom stereocenters. The maximum atomic E-state index is 13.2. The number of hydrogen-bond donors (Lipinski definition) is 0. The van der Waals surface area contributed by atoms with Crippen molar-refractivity contribution >= 4 is 53.3 Å². The number of hydrogen-bond acceptors (Lipinski definition) is 1. The molecule has 0 unspecified atom stereocenters. The fourth-order valence-corrected chi connectivity index (χ4v) is 9.54. The first-order valence-electron chi connectivity index (χ1n) is 15.5. The molecule has 0 fully saturated rings. The molecule has 0 aliphatic heterocycles. The van der Waals surface area contributed by atoms with E-state index in [2.05, 4.69) is 149 Å². The number of aromatic nitrogens is 2. The Bertz CT molecular complexity index is 2410. The number of benzene rings is 7. The second-order valence-corrected chi connectivity index (χ2v) is 14.2. The second-order valence-electron chi connectivity index (χ2n) is 11.6. The summed E-state index contributed by atoms with van der Waals surface area (Å²) in [5, 5.41) is 4.82. The van der Waals surface area contributed by atoms with E-state index in [1.54, 1.807) is 0 Å². The second kappa shape index (κ2) is 10.4. The molecular formula is C42H29N3S. The number of rotatable bonds is 2. The zero-order valence-electron chi connectivity index (χ0n) is 25.0. The van der Waals surface area contributed by atoms with Crippen LogP contribution in [0, 0.1) is 4.61 Å². The molecule has 0 amide bonds. The first kappa shape index (κ1) is 26.6. The van der Waals surface area contributed by atoms with Gasteiger partial charge in [-0.05, 0) is 66.7 Å². The normalized spacial score (nSPS) is 12.0. The zero-order chi connectivity index (χ0) is 30.7. The van der Waals surface area contributed by atoms with Gasteiger partial charge < -0.3 is 9.13 Å². The van der Waals surface area contributed by atoms with E-state index < -0.39 is 9.66 Å². The van der Waals surface area contributed by atoms with E-state index in [1.165, 1.54) is 21.5 Å². The Hall–Kier alpha value is -5.80. The molecule has 0 radical (unpaired) electrons. The highest BCUT2D eigenvalue weighted by Crippen LogP contribution is 2.57. The molecule has 0 bridgehead atoms. The van der Waals surface area contributed by atoms with Gasteiger partial charge in [0.05, 0.1) is 22.1 Å². The van der Waals surface area contributed by atoms with E-state index in [9.17, 15) is 4.61 Å². The molecular weight excluding hydrogens is 579 g/mol. The van der Waals surface area contributed by atoms with Gasteiger partial charge in [-0.15, -0.1) is 0 Å². The Morgan fingerprint density at radius 1 is 0.326 bits per heavy atom. The fourth-order valence-electron chi connectivity index (χ4n) is 7.04. The van der Waals surface area contributed by atoms with Crippen LogP contribution in [0.5, 0.6) is 0 Å². The number of fused-ring (bicyclic) bond motifs is 6. The smallest absolute Gasteiger partial charge is 0.0541 e. The van der Waals surface area contributed by atoms with Crippen molar-refractivity contribution < 1.29 is 0 Å². The topological polar surface area (TPSA) is 33.6 Å². The molecule has 7 aromatic carbocycles. The van der Waals surface area contributed by atoms with Crippen LogP contribution in [-0.2, 0) is 0 Å². The maximum absolute atomic E-state index is 13.2. The lowest BCUT2D eigenvalue weighted by atomic mass is 10.2. The first-order valence-corrected chi connectivity index (χ1v) is 17.1. The fraction of sp³-hybridized carbons (Fsp3) is 0. The standard InChI is InChI=1S/C42H29N3S/c43-46(32-15-3-1-4-16-32,33-17-5-2-6-18-33)34-28-30(44-39-23-11-7-19-35(39)36-20-8-12-24-40(36)44)27-31(29-34)45-41-25-13-9-21-37(41)38-22-10-14-26-42(38)45/h1-29H. The Morgan fingerprint density at radius 3 is 0.978 bits per heavy atom. The monoisotopic (exact) mass is 607 g/mol. The Labute approximate surface area is 268 Å². The van der Waals surface area contributed by atoms with Crippen molar-refractivity contribution in [3.8, 4) is 11.4 Å². The van der Waals surface area contributed by atoms with Gasteiger partial charge in [-0.2, -0.15) is 0 Å². The van der Waals surface area contributed by atoms with Crippen LogP contribution in [0.2, 0.25) is 0 Å². The Kier molecular flexibility index (Phi) is 6.01. The summed E-state index contributed by atoms with van der Waals surface area (Å²) in [5.74, 6) is 0. The number of para-hydroxylation sites is 4. The van der Waals surface area contributed by atoms with E-state index in [-0.39, 0.29) is 0 Å². The molecule has 0 saturated carbocycles. The summed E-state index contributed by atoms with van der Waals surface area (Å²) in [5.41, 5.74) is 6.53. The van der Waals surface area contributed by atoms with Crippen molar-refractivity contribution in [1.29, 1.82) is 4.61 Å². The highest BCUT2D eigenvalue weighted by atomic mass is 32.2. The summed E-state index contributed by atoms with van der Waals surface area (Å²) < 4.78 is 17.9. The molecule has 0 saturated heterocycles. The Morgan fingerprint density at radius 2 is 0.630 bits per heavy atom. The minimum atomic E-state index is -2.64. The van der Waals surface area contributed by atoms with Gasteiger partial charge in [0, 0.05) is 57.3 Å². The van der Waals surface area contributed by atoms with Gasteiger partial charge in [0.2, 0.25) is 0 Å². The van der Waals surface area contributed by atoms with Gasteiger partial charge >= 0.3 is 0 Å². The zero-order valence-corrected chi connectivity index (χ0v) is 25.8. The van der Waals surface area contributed by atoms with Crippen LogP contribution in [0.15, 0.2) is 191 Å². The predicted octanol–water partition coefficient (Wildman–Crippen LogP) is 11.6. The molecule has 218 valence electrons. The van der Waals surface area contributed by atoms with Crippen LogP contribution in [0.3, 0.4) is 0 Å². The average molecular weight is 608 g/mol. The molecule has 0 aliphatic carbocycles. The quantitative estimate of drug-likeness (QED) is 0.192. The van der Waals surface area contributed by atoms with Crippen molar-refractivity contribution in [2.45, 2.75) is 14.7 Å². The molecule has 0 spiro atoms. The van der Waals surface area contributed by atoms with Crippen molar-refractivity contribution in [3.63, 3.8) is 0 Å². The largest absolute Gasteiger partial charge is 0.309 e. The SMILES string of the molecule is N#S(c1ccccc1)(c1ccccc1)c1cc(-n2c3ccccc3c3ccccc32)cc(-n2c3ccccc3c3ccccc32)c1. The minimum Gasteiger partial charge on any atom is -0.309 e. The molecule has 46 heavy (non-hydrogen) atoms. The predicted molar refractivity (Wildman–Crippen MR) is 192 cm³/mol. The Balaban J connectivity index is 1.45. The summed E-state index contributed by atoms with van der Waals surface area (Å²) in [6.45, 7) is 0. The van der Waals surface area contributed by atoms with E-state index in [1.807, 2.05) is 36.4 Å².